The number of nitrogens with zero attached hydrogens (tertiary/aromatic N) is 1. The lowest BCUT2D eigenvalue weighted by atomic mass is 9.70. The van der Waals surface area contributed by atoms with Crippen molar-refractivity contribution in [3.63, 3.8) is 0 Å². The quantitative estimate of drug-likeness (QED) is 0.241. The summed E-state index contributed by atoms with van der Waals surface area (Å²) in [7, 11) is 0. The Morgan fingerprint density at radius 2 is 0.763 bits per heavy atom. The van der Waals surface area contributed by atoms with Crippen LogP contribution in [0.3, 0.4) is 0 Å². The van der Waals surface area contributed by atoms with Gasteiger partial charge in [0, 0.05) is 17.1 Å². The molecule has 0 N–H and O–H groups in total. The van der Waals surface area contributed by atoms with Gasteiger partial charge in [-0.05, 0) is 80.9 Å². The lowest BCUT2D eigenvalue weighted by Crippen LogP contribution is -2.26. The van der Waals surface area contributed by atoms with E-state index in [1.165, 1.54) is 44.5 Å². The number of benzene rings is 6. The van der Waals surface area contributed by atoms with Gasteiger partial charge in [-0.1, -0.05) is 115 Å². The highest BCUT2D eigenvalue weighted by Gasteiger charge is 2.52. The van der Waals surface area contributed by atoms with Crippen molar-refractivity contribution in [3.8, 4) is 22.3 Å². The molecule has 8 rings (SSSR count). The van der Waals surface area contributed by atoms with Gasteiger partial charge in [-0.15, -0.1) is 0 Å². The SMILES string of the molecule is c1ccc(N(c2ccccc2)c2ccc(C34c5ccccc5-c5cccc(c53)-c3ccccc34)cc2)cc1. The van der Waals surface area contributed by atoms with Gasteiger partial charge < -0.3 is 4.90 Å². The molecule has 2 aliphatic carbocycles. The molecular formula is C37H25N. The van der Waals surface area contributed by atoms with Crippen molar-refractivity contribution in [2.24, 2.45) is 0 Å². The fourth-order valence-electron chi connectivity index (χ4n) is 6.83. The number of para-hydroxylation sites is 2. The minimum Gasteiger partial charge on any atom is -0.311 e. The van der Waals surface area contributed by atoms with Crippen molar-refractivity contribution < 1.29 is 0 Å². The Kier molecular flexibility index (Phi) is 4.50. The Hall–Kier alpha value is -4.88. The summed E-state index contributed by atoms with van der Waals surface area (Å²) in [4.78, 5) is 2.33. The molecule has 1 heteroatoms. The van der Waals surface area contributed by atoms with E-state index in [1.54, 1.807) is 0 Å². The van der Waals surface area contributed by atoms with Crippen LogP contribution in [0.4, 0.5) is 17.1 Å². The number of fused-ring (bicyclic) bond motifs is 6. The molecule has 0 aliphatic heterocycles. The summed E-state index contributed by atoms with van der Waals surface area (Å²) in [6.45, 7) is 0. The first kappa shape index (κ1) is 21.2. The molecule has 1 nitrogen and oxygen atoms in total. The monoisotopic (exact) mass is 483 g/mol. The Balaban J connectivity index is 1.36. The van der Waals surface area contributed by atoms with Crippen LogP contribution in [0, 0.1) is 0 Å². The van der Waals surface area contributed by atoms with Gasteiger partial charge in [-0.2, -0.15) is 0 Å². The lowest BCUT2D eigenvalue weighted by Gasteiger charge is -2.32. The van der Waals surface area contributed by atoms with E-state index < -0.39 is 0 Å². The van der Waals surface area contributed by atoms with E-state index >= 15 is 0 Å². The van der Waals surface area contributed by atoms with Crippen molar-refractivity contribution in [1.82, 2.24) is 0 Å². The largest absolute Gasteiger partial charge is 0.311 e. The van der Waals surface area contributed by atoms with E-state index in [-0.39, 0.29) is 5.41 Å². The molecule has 2 aliphatic rings. The third-order valence-corrected chi connectivity index (χ3v) is 8.27. The minimum absolute atomic E-state index is 0.304. The summed E-state index contributed by atoms with van der Waals surface area (Å²) in [6, 6.07) is 55.2. The summed E-state index contributed by atoms with van der Waals surface area (Å²) in [5.74, 6) is 0. The molecule has 0 heterocycles. The van der Waals surface area contributed by atoms with Crippen LogP contribution in [0.25, 0.3) is 22.3 Å². The second-order valence-corrected chi connectivity index (χ2v) is 10.1. The Bertz CT molecular complexity index is 1700. The molecule has 0 spiro atoms. The Morgan fingerprint density at radius 1 is 0.342 bits per heavy atom. The van der Waals surface area contributed by atoms with Gasteiger partial charge in [0.25, 0.3) is 0 Å². The average molecular weight is 484 g/mol. The summed E-state index contributed by atoms with van der Waals surface area (Å²) < 4.78 is 0. The van der Waals surface area contributed by atoms with Crippen LogP contribution in [-0.4, -0.2) is 0 Å². The predicted molar refractivity (Wildman–Crippen MR) is 157 cm³/mol. The molecule has 6 aromatic rings. The van der Waals surface area contributed by atoms with Crippen LogP contribution >= 0.6 is 0 Å². The number of hydrogen-bond acceptors (Lipinski definition) is 1. The van der Waals surface area contributed by atoms with E-state index in [0.29, 0.717) is 0 Å². The molecule has 0 radical (unpaired) electrons. The second kappa shape index (κ2) is 8.06. The molecule has 0 amide bonds. The summed E-state index contributed by atoms with van der Waals surface area (Å²) in [6.07, 6.45) is 0. The molecule has 0 unspecified atom stereocenters. The zero-order chi connectivity index (χ0) is 25.1. The maximum atomic E-state index is 2.35. The third-order valence-electron chi connectivity index (χ3n) is 8.27. The van der Waals surface area contributed by atoms with Gasteiger partial charge in [0.05, 0.1) is 5.41 Å². The fraction of sp³-hybridized carbons (Fsp3) is 0.0270. The van der Waals surface area contributed by atoms with E-state index in [0.717, 1.165) is 17.1 Å². The van der Waals surface area contributed by atoms with Crippen LogP contribution in [0.5, 0.6) is 0 Å². The summed E-state index contributed by atoms with van der Waals surface area (Å²) in [5, 5.41) is 0. The first-order valence-corrected chi connectivity index (χ1v) is 13.2. The molecule has 38 heavy (non-hydrogen) atoms. The topological polar surface area (TPSA) is 3.24 Å². The number of rotatable bonds is 4. The third kappa shape index (κ3) is 2.76. The number of anilines is 3. The zero-order valence-electron chi connectivity index (χ0n) is 20.9. The van der Waals surface area contributed by atoms with Gasteiger partial charge in [0.15, 0.2) is 0 Å². The molecule has 0 aromatic heterocycles. The van der Waals surface area contributed by atoms with Gasteiger partial charge in [0.1, 0.15) is 0 Å². The van der Waals surface area contributed by atoms with Crippen LogP contribution in [0.1, 0.15) is 22.3 Å². The first-order chi connectivity index (χ1) is 18.9. The fourth-order valence-corrected chi connectivity index (χ4v) is 6.83. The van der Waals surface area contributed by atoms with Crippen molar-refractivity contribution in [3.05, 3.63) is 174 Å². The highest BCUT2D eigenvalue weighted by molar-refractivity contribution is 5.98. The smallest absolute Gasteiger partial charge is 0.0725 e. The molecule has 0 fully saturated rings. The standard InChI is InChI=1S/C37H25N/c1-3-12-27(13-4-1)38(28-14-5-2-6-15-28)29-24-22-26(23-25-29)37-34-20-9-7-16-30(34)32-18-11-19-33(36(32)37)31-17-8-10-21-35(31)37/h1-25H. The Morgan fingerprint density at radius 3 is 1.29 bits per heavy atom. The zero-order valence-corrected chi connectivity index (χ0v) is 20.9. The normalized spacial score (nSPS) is 13.5. The molecule has 6 aromatic carbocycles. The summed E-state index contributed by atoms with van der Waals surface area (Å²) in [5.41, 5.74) is 14.0. The lowest BCUT2D eigenvalue weighted by molar-refractivity contribution is 0.792. The van der Waals surface area contributed by atoms with Crippen LogP contribution in [-0.2, 0) is 5.41 Å². The first-order valence-electron chi connectivity index (χ1n) is 13.2. The van der Waals surface area contributed by atoms with Crippen LogP contribution < -0.4 is 4.90 Å². The average Bonchev–Trinajstić information content (AvgIpc) is 3.47. The highest BCUT2D eigenvalue weighted by Crippen LogP contribution is 2.64. The van der Waals surface area contributed by atoms with Crippen molar-refractivity contribution in [2.45, 2.75) is 5.41 Å². The van der Waals surface area contributed by atoms with E-state index in [9.17, 15) is 0 Å². The number of hydrogen-bond donors (Lipinski definition) is 0. The minimum atomic E-state index is -0.304. The maximum Gasteiger partial charge on any atom is 0.0725 e. The molecule has 0 saturated heterocycles. The summed E-state index contributed by atoms with van der Waals surface area (Å²) >= 11 is 0. The molecule has 0 atom stereocenters. The predicted octanol–water partition coefficient (Wildman–Crippen LogP) is 9.50. The van der Waals surface area contributed by atoms with Gasteiger partial charge >= 0.3 is 0 Å². The van der Waals surface area contributed by atoms with E-state index in [2.05, 4.69) is 157 Å². The van der Waals surface area contributed by atoms with E-state index in [1.807, 2.05) is 0 Å². The van der Waals surface area contributed by atoms with Gasteiger partial charge in [-0.3, -0.25) is 0 Å². The Labute approximate surface area is 223 Å². The van der Waals surface area contributed by atoms with Gasteiger partial charge in [0.2, 0.25) is 0 Å². The molecule has 0 bridgehead atoms. The van der Waals surface area contributed by atoms with E-state index in [4.69, 9.17) is 0 Å². The maximum absolute atomic E-state index is 2.35. The molecular weight excluding hydrogens is 458 g/mol. The molecule has 178 valence electrons. The van der Waals surface area contributed by atoms with Crippen molar-refractivity contribution >= 4 is 17.1 Å². The van der Waals surface area contributed by atoms with Crippen LogP contribution in [0.15, 0.2) is 152 Å². The van der Waals surface area contributed by atoms with Crippen molar-refractivity contribution in [1.29, 1.82) is 0 Å². The highest BCUT2D eigenvalue weighted by atomic mass is 15.1. The van der Waals surface area contributed by atoms with Crippen molar-refractivity contribution in [2.75, 3.05) is 4.90 Å². The van der Waals surface area contributed by atoms with Crippen LogP contribution in [0.2, 0.25) is 0 Å². The second-order valence-electron chi connectivity index (χ2n) is 10.1. The van der Waals surface area contributed by atoms with Gasteiger partial charge in [-0.25, -0.2) is 0 Å². The molecule has 0 saturated carbocycles.